The Morgan fingerprint density at radius 2 is 0.964 bits per heavy atom. The number of rotatable bonds is 6. The van der Waals surface area contributed by atoms with Crippen LogP contribution in [0.3, 0.4) is 0 Å². The van der Waals surface area contributed by atoms with Gasteiger partial charge in [-0.1, -0.05) is 50.2 Å². The van der Waals surface area contributed by atoms with Crippen molar-refractivity contribution >= 4 is 23.2 Å². The highest BCUT2D eigenvalue weighted by molar-refractivity contribution is 6.15. The van der Waals surface area contributed by atoms with Crippen LogP contribution >= 0.6 is 0 Å². The zero-order valence-electron chi connectivity index (χ0n) is 16.2. The molecule has 4 nitrogen and oxygen atoms in total. The van der Waals surface area contributed by atoms with Crippen LogP contribution in [0.15, 0.2) is 72.8 Å². The molecule has 3 rings (SSSR count). The Morgan fingerprint density at radius 3 is 1.29 bits per heavy atom. The van der Waals surface area contributed by atoms with Crippen molar-refractivity contribution < 1.29 is 9.59 Å². The van der Waals surface area contributed by atoms with Crippen LogP contribution in [0.5, 0.6) is 0 Å². The van der Waals surface area contributed by atoms with Gasteiger partial charge in [-0.25, -0.2) is 0 Å². The minimum absolute atomic E-state index is 0.309. The van der Waals surface area contributed by atoms with Crippen LogP contribution in [-0.4, -0.2) is 11.8 Å². The first-order valence-corrected chi connectivity index (χ1v) is 9.50. The van der Waals surface area contributed by atoms with E-state index in [4.69, 9.17) is 0 Å². The van der Waals surface area contributed by atoms with Crippen molar-refractivity contribution in [1.29, 1.82) is 0 Å². The van der Waals surface area contributed by atoms with E-state index in [1.54, 1.807) is 24.3 Å². The van der Waals surface area contributed by atoms with Crippen LogP contribution in [0.2, 0.25) is 0 Å². The molecule has 28 heavy (non-hydrogen) atoms. The molecule has 0 spiro atoms. The maximum Gasteiger partial charge on any atom is 0.256 e. The zero-order chi connectivity index (χ0) is 19.9. The van der Waals surface area contributed by atoms with Gasteiger partial charge in [0.1, 0.15) is 0 Å². The Bertz CT molecular complexity index is 880. The molecule has 3 aromatic rings. The summed E-state index contributed by atoms with van der Waals surface area (Å²) < 4.78 is 0. The highest BCUT2D eigenvalue weighted by Gasteiger charge is 2.17. The van der Waals surface area contributed by atoms with Crippen LogP contribution in [-0.2, 0) is 12.8 Å². The molecule has 0 aromatic heterocycles. The highest BCUT2D eigenvalue weighted by atomic mass is 16.2. The quantitative estimate of drug-likeness (QED) is 0.615. The topological polar surface area (TPSA) is 58.2 Å². The van der Waals surface area contributed by atoms with Crippen LogP contribution in [0, 0.1) is 0 Å². The lowest BCUT2D eigenvalue weighted by Crippen LogP contribution is -2.20. The Kier molecular flexibility index (Phi) is 6.22. The minimum atomic E-state index is -0.309. The van der Waals surface area contributed by atoms with Gasteiger partial charge in [0.05, 0.1) is 11.1 Å². The van der Waals surface area contributed by atoms with E-state index in [1.165, 1.54) is 11.1 Å². The number of hydrogen-bond acceptors (Lipinski definition) is 2. The number of amides is 2. The standard InChI is InChI=1S/C24H24N2O2/c1-3-17-9-13-19(14-10-17)25-23(27)21-7-5-6-8-22(21)24(28)26-20-15-11-18(4-2)12-16-20/h5-16H,3-4H2,1-2H3,(H,25,27)(H,26,28). The average Bonchev–Trinajstić information content (AvgIpc) is 2.74. The lowest BCUT2D eigenvalue weighted by atomic mass is 10.1. The minimum Gasteiger partial charge on any atom is -0.322 e. The number of aryl methyl sites for hydroxylation is 2. The molecule has 0 aliphatic carbocycles. The van der Waals surface area contributed by atoms with E-state index in [0.717, 1.165) is 12.8 Å². The number of carbonyl (C=O) groups is 2. The first-order valence-electron chi connectivity index (χ1n) is 9.50. The number of anilines is 2. The second-order valence-electron chi connectivity index (χ2n) is 6.55. The van der Waals surface area contributed by atoms with Gasteiger partial charge < -0.3 is 10.6 Å². The molecule has 2 amide bonds. The van der Waals surface area contributed by atoms with Gasteiger partial charge in [0.25, 0.3) is 11.8 Å². The fraction of sp³-hybridized carbons (Fsp3) is 0.167. The van der Waals surface area contributed by atoms with Crippen molar-refractivity contribution in [3.8, 4) is 0 Å². The van der Waals surface area contributed by atoms with Gasteiger partial charge in [-0.3, -0.25) is 9.59 Å². The number of hydrogen-bond donors (Lipinski definition) is 2. The van der Waals surface area contributed by atoms with E-state index in [1.807, 2.05) is 48.5 Å². The first kappa shape index (κ1) is 19.4. The van der Waals surface area contributed by atoms with Gasteiger partial charge in [0.2, 0.25) is 0 Å². The summed E-state index contributed by atoms with van der Waals surface area (Å²) >= 11 is 0. The molecule has 4 heteroatoms. The molecule has 142 valence electrons. The lowest BCUT2D eigenvalue weighted by molar-refractivity contribution is 0.0990. The van der Waals surface area contributed by atoms with Gasteiger partial charge in [-0.15, -0.1) is 0 Å². The normalized spacial score (nSPS) is 10.4. The Labute approximate surface area is 165 Å². The zero-order valence-corrected chi connectivity index (χ0v) is 16.2. The third kappa shape index (κ3) is 4.65. The SMILES string of the molecule is CCc1ccc(NC(=O)c2ccccc2C(=O)Nc2ccc(CC)cc2)cc1. The van der Waals surface area contributed by atoms with E-state index >= 15 is 0 Å². The summed E-state index contributed by atoms with van der Waals surface area (Å²) in [5.74, 6) is -0.618. The maximum absolute atomic E-state index is 12.7. The van der Waals surface area contributed by atoms with Crippen molar-refractivity contribution in [3.63, 3.8) is 0 Å². The van der Waals surface area contributed by atoms with Crippen molar-refractivity contribution in [2.75, 3.05) is 10.6 Å². The average molecular weight is 372 g/mol. The Balaban J connectivity index is 1.76. The molecule has 0 bridgehead atoms. The van der Waals surface area contributed by atoms with E-state index in [2.05, 4.69) is 24.5 Å². The van der Waals surface area contributed by atoms with Crippen molar-refractivity contribution in [3.05, 3.63) is 95.1 Å². The van der Waals surface area contributed by atoms with E-state index in [0.29, 0.717) is 22.5 Å². The summed E-state index contributed by atoms with van der Waals surface area (Å²) in [7, 11) is 0. The number of benzene rings is 3. The molecule has 0 fully saturated rings. The molecule has 0 radical (unpaired) electrons. The second kappa shape index (κ2) is 9.00. The van der Waals surface area contributed by atoms with E-state index < -0.39 is 0 Å². The van der Waals surface area contributed by atoms with Gasteiger partial charge in [-0.2, -0.15) is 0 Å². The highest BCUT2D eigenvalue weighted by Crippen LogP contribution is 2.17. The smallest absolute Gasteiger partial charge is 0.256 e. The molecule has 2 N–H and O–H groups in total. The van der Waals surface area contributed by atoms with Gasteiger partial charge in [-0.05, 0) is 60.4 Å². The van der Waals surface area contributed by atoms with Gasteiger partial charge in [0, 0.05) is 11.4 Å². The summed E-state index contributed by atoms with van der Waals surface area (Å²) in [4.78, 5) is 25.5. The third-order valence-electron chi connectivity index (χ3n) is 4.66. The first-order chi connectivity index (χ1) is 13.6. The summed E-state index contributed by atoms with van der Waals surface area (Å²) in [6, 6.07) is 22.2. The molecule has 0 aliphatic heterocycles. The van der Waals surface area contributed by atoms with Crippen LogP contribution in [0.4, 0.5) is 11.4 Å². The summed E-state index contributed by atoms with van der Waals surface area (Å²) in [6.07, 6.45) is 1.88. The summed E-state index contributed by atoms with van der Waals surface area (Å²) in [5, 5.41) is 5.73. The van der Waals surface area contributed by atoms with Crippen LogP contribution in [0.25, 0.3) is 0 Å². The third-order valence-corrected chi connectivity index (χ3v) is 4.66. The molecule has 0 saturated heterocycles. The number of nitrogens with one attached hydrogen (secondary N) is 2. The fourth-order valence-electron chi connectivity index (χ4n) is 2.92. The number of carbonyl (C=O) groups excluding carboxylic acids is 2. The van der Waals surface area contributed by atoms with Crippen molar-refractivity contribution in [2.24, 2.45) is 0 Å². The molecule has 0 heterocycles. The molecule has 0 saturated carbocycles. The second-order valence-corrected chi connectivity index (χ2v) is 6.55. The van der Waals surface area contributed by atoms with Gasteiger partial charge >= 0.3 is 0 Å². The Morgan fingerprint density at radius 1 is 0.607 bits per heavy atom. The van der Waals surface area contributed by atoms with E-state index in [-0.39, 0.29) is 11.8 Å². The van der Waals surface area contributed by atoms with Crippen LogP contribution in [0.1, 0.15) is 45.7 Å². The largest absolute Gasteiger partial charge is 0.322 e. The summed E-state index contributed by atoms with van der Waals surface area (Å²) in [5.41, 5.74) is 4.48. The molecule has 0 aliphatic rings. The van der Waals surface area contributed by atoms with Crippen LogP contribution < -0.4 is 10.6 Å². The molecular weight excluding hydrogens is 348 g/mol. The summed E-state index contributed by atoms with van der Waals surface area (Å²) in [6.45, 7) is 4.16. The molecule has 0 atom stereocenters. The molecule has 3 aromatic carbocycles. The van der Waals surface area contributed by atoms with Gasteiger partial charge in [0.15, 0.2) is 0 Å². The van der Waals surface area contributed by atoms with Crippen molar-refractivity contribution in [1.82, 2.24) is 0 Å². The molecule has 0 unspecified atom stereocenters. The monoisotopic (exact) mass is 372 g/mol. The lowest BCUT2D eigenvalue weighted by Gasteiger charge is -2.11. The Hall–Kier alpha value is -3.40. The van der Waals surface area contributed by atoms with Crippen molar-refractivity contribution in [2.45, 2.75) is 26.7 Å². The predicted molar refractivity (Wildman–Crippen MR) is 114 cm³/mol. The molecular formula is C24H24N2O2. The fourth-order valence-corrected chi connectivity index (χ4v) is 2.92. The maximum atomic E-state index is 12.7. The van der Waals surface area contributed by atoms with E-state index in [9.17, 15) is 9.59 Å². The predicted octanol–water partition coefficient (Wildman–Crippen LogP) is 5.32.